The topological polar surface area (TPSA) is 78.9 Å². The first-order valence-electron chi connectivity index (χ1n) is 5.08. The van der Waals surface area contributed by atoms with Gasteiger partial charge in [-0.2, -0.15) is 0 Å². The first-order chi connectivity index (χ1) is 6.78. The molecule has 0 unspecified atom stereocenters. The Bertz CT molecular complexity index is 259. The Hall–Kier alpha value is -1.26. The van der Waals surface area contributed by atoms with Crippen molar-refractivity contribution in [3.8, 4) is 0 Å². The first kappa shape index (κ1) is 13.7. The summed E-state index contributed by atoms with van der Waals surface area (Å²) in [7, 11) is 0. The Morgan fingerprint density at radius 3 is 2.27 bits per heavy atom. The maximum Gasteiger partial charge on any atom is 0.236 e. The van der Waals surface area contributed by atoms with E-state index in [1.165, 1.54) is 0 Å². The lowest BCUT2D eigenvalue weighted by Gasteiger charge is -2.33. The van der Waals surface area contributed by atoms with Crippen LogP contribution < -0.4 is 5.73 Å². The quantitative estimate of drug-likeness (QED) is 0.318. The van der Waals surface area contributed by atoms with Crippen LogP contribution >= 0.6 is 0 Å². The molecule has 0 heterocycles. The Morgan fingerprint density at radius 1 is 1.53 bits per heavy atom. The molecule has 0 saturated heterocycles. The van der Waals surface area contributed by atoms with E-state index >= 15 is 0 Å². The summed E-state index contributed by atoms with van der Waals surface area (Å²) in [5.74, 6) is -0.193. The molecule has 0 radical (unpaired) electrons. The second-order valence-corrected chi connectivity index (χ2v) is 4.30. The number of hydrogen-bond acceptors (Lipinski definition) is 3. The van der Waals surface area contributed by atoms with E-state index in [0.29, 0.717) is 6.54 Å². The van der Waals surface area contributed by atoms with Crippen molar-refractivity contribution in [3.05, 3.63) is 0 Å². The average Bonchev–Trinajstić information content (AvgIpc) is 2.16. The lowest BCUT2D eigenvalue weighted by Crippen LogP contribution is -2.50. The molecule has 0 aliphatic heterocycles. The standard InChI is InChI=1S/C10H21N3O2/c1-6-13(7(2)3)9(14)10(4,5)8(11)12-15/h7,15H,6H2,1-5H3,(H2,11,12). The van der Waals surface area contributed by atoms with E-state index in [9.17, 15) is 4.79 Å². The number of amides is 1. The molecule has 15 heavy (non-hydrogen) atoms. The van der Waals surface area contributed by atoms with Crippen LogP contribution in [0.5, 0.6) is 0 Å². The van der Waals surface area contributed by atoms with Gasteiger partial charge in [0.2, 0.25) is 5.91 Å². The van der Waals surface area contributed by atoms with Crippen LogP contribution in [0.1, 0.15) is 34.6 Å². The predicted molar refractivity (Wildman–Crippen MR) is 59.7 cm³/mol. The first-order valence-corrected chi connectivity index (χ1v) is 5.08. The van der Waals surface area contributed by atoms with Crippen molar-refractivity contribution >= 4 is 11.7 Å². The largest absolute Gasteiger partial charge is 0.409 e. The fourth-order valence-corrected chi connectivity index (χ4v) is 1.34. The van der Waals surface area contributed by atoms with E-state index < -0.39 is 5.41 Å². The van der Waals surface area contributed by atoms with Gasteiger partial charge in [-0.1, -0.05) is 5.16 Å². The number of nitrogens with two attached hydrogens (primary N) is 1. The second-order valence-electron chi connectivity index (χ2n) is 4.30. The lowest BCUT2D eigenvalue weighted by molar-refractivity contribution is -0.138. The number of nitrogens with zero attached hydrogens (tertiary/aromatic N) is 2. The zero-order valence-electron chi connectivity index (χ0n) is 10.1. The van der Waals surface area contributed by atoms with E-state index in [4.69, 9.17) is 10.9 Å². The number of carbonyl (C=O) groups excluding carboxylic acids is 1. The molecule has 0 saturated carbocycles. The second kappa shape index (κ2) is 5.00. The Balaban J connectivity index is 4.98. The molecule has 5 heteroatoms. The maximum absolute atomic E-state index is 12.1. The lowest BCUT2D eigenvalue weighted by atomic mass is 9.89. The van der Waals surface area contributed by atoms with Gasteiger partial charge in [0.05, 0.1) is 0 Å². The third-order valence-corrected chi connectivity index (χ3v) is 2.51. The molecule has 5 nitrogen and oxygen atoms in total. The van der Waals surface area contributed by atoms with Gasteiger partial charge in [-0.15, -0.1) is 0 Å². The number of oxime groups is 1. The summed E-state index contributed by atoms with van der Waals surface area (Å²) in [6.07, 6.45) is 0. The smallest absolute Gasteiger partial charge is 0.236 e. The highest BCUT2D eigenvalue weighted by Gasteiger charge is 2.36. The van der Waals surface area contributed by atoms with E-state index in [1.54, 1.807) is 18.7 Å². The minimum Gasteiger partial charge on any atom is -0.409 e. The summed E-state index contributed by atoms with van der Waals surface area (Å²) in [6.45, 7) is 9.68. The van der Waals surface area contributed by atoms with Crippen LogP contribution in [-0.2, 0) is 4.79 Å². The third kappa shape index (κ3) is 2.84. The van der Waals surface area contributed by atoms with E-state index in [-0.39, 0.29) is 17.8 Å². The SMILES string of the molecule is CCN(C(=O)C(C)(C)C(N)=NO)C(C)C. The Labute approximate surface area is 90.9 Å². The molecule has 0 aromatic rings. The summed E-state index contributed by atoms with van der Waals surface area (Å²) >= 11 is 0. The third-order valence-electron chi connectivity index (χ3n) is 2.51. The molecular formula is C10H21N3O2. The van der Waals surface area contributed by atoms with Crippen molar-refractivity contribution in [2.24, 2.45) is 16.3 Å². The monoisotopic (exact) mass is 215 g/mol. The van der Waals surface area contributed by atoms with Gasteiger partial charge in [-0.3, -0.25) is 4.79 Å². The Morgan fingerprint density at radius 2 is 2.00 bits per heavy atom. The minimum atomic E-state index is -0.963. The summed E-state index contributed by atoms with van der Waals surface area (Å²) < 4.78 is 0. The van der Waals surface area contributed by atoms with Gasteiger partial charge in [0.15, 0.2) is 5.84 Å². The summed E-state index contributed by atoms with van der Waals surface area (Å²) in [5, 5.41) is 11.5. The summed E-state index contributed by atoms with van der Waals surface area (Å²) in [6, 6.07) is 0.105. The van der Waals surface area contributed by atoms with Gasteiger partial charge in [-0.05, 0) is 34.6 Å². The number of carbonyl (C=O) groups is 1. The van der Waals surface area contributed by atoms with Gasteiger partial charge in [0.1, 0.15) is 5.41 Å². The number of hydrogen-bond donors (Lipinski definition) is 2. The van der Waals surface area contributed by atoms with Crippen LogP contribution in [-0.4, -0.2) is 34.4 Å². The molecule has 0 fully saturated rings. The van der Waals surface area contributed by atoms with Crippen LogP contribution in [0.15, 0.2) is 5.16 Å². The molecule has 0 aromatic heterocycles. The molecule has 0 rings (SSSR count). The van der Waals surface area contributed by atoms with Crippen LogP contribution in [0.25, 0.3) is 0 Å². The summed E-state index contributed by atoms with van der Waals surface area (Å²) in [5.41, 5.74) is 4.53. The molecule has 88 valence electrons. The molecule has 0 spiro atoms. The molecule has 0 atom stereocenters. The van der Waals surface area contributed by atoms with Gasteiger partial charge < -0.3 is 15.8 Å². The molecular weight excluding hydrogens is 194 g/mol. The van der Waals surface area contributed by atoms with E-state index in [2.05, 4.69) is 5.16 Å². The van der Waals surface area contributed by atoms with E-state index in [1.807, 2.05) is 20.8 Å². The maximum atomic E-state index is 12.1. The molecule has 0 bridgehead atoms. The van der Waals surface area contributed by atoms with Gasteiger partial charge >= 0.3 is 0 Å². The van der Waals surface area contributed by atoms with Gasteiger partial charge in [0, 0.05) is 12.6 Å². The highest BCUT2D eigenvalue weighted by Crippen LogP contribution is 2.20. The molecule has 0 aliphatic carbocycles. The van der Waals surface area contributed by atoms with Crippen molar-refractivity contribution in [2.45, 2.75) is 40.7 Å². The molecule has 0 aliphatic rings. The van der Waals surface area contributed by atoms with Crippen LogP contribution in [0.4, 0.5) is 0 Å². The van der Waals surface area contributed by atoms with E-state index in [0.717, 1.165) is 0 Å². The highest BCUT2D eigenvalue weighted by molar-refractivity contribution is 6.05. The predicted octanol–water partition coefficient (Wildman–Crippen LogP) is 1.02. The van der Waals surface area contributed by atoms with Crippen molar-refractivity contribution in [3.63, 3.8) is 0 Å². The van der Waals surface area contributed by atoms with Crippen molar-refractivity contribution in [1.82, 2.24) is 4.90 Å². The average molecular weight is 215 g/mol. The van der Waals surface area contributed by atoms with Crippen molar-refractivity contribution in [1.29, 1.82) is 0 Å². The van der Waals surface area contributed by atoms with Gasteiger partial charge in [0.25, 0.3) is 0 Å². The van der Waals surface area contributed by atoms with Crippen molar-refractivity contribution in [2.75, 3.05) is 6.54 Å². The zero-order valence-corrected chi connectivity index (χ0v) is 10.1. The minimum absolute atomic E-state index is 0.0633. The Kier molecular flexibility index (Phi) is 4.58. The van der Waals surface area contributed by atoms with Gasteiger partial charge in [-0.25, -0.2) is 0 Å². The normalized spacial score (nSPS) is 13.1. The highest BCUT2D eigenvalue weighted by atomic mass is 16.4. The molecule has 0 aromatic carbocycles. The number of amidine groups is 1. The zero-order chi connectivity index (χ0) is 12.2. The summed E-state index contributed by atoms with van der Waals surface area (Å²) in [4.78, 5) is 13.8. The van der Waals surface area contributed by atoms with Crippen LogP contribution in [0.3, 0.4) is 0 Å². The fourth-order valence-electron chi connectivity index (χ4n) is 1.34. The van der Waals surface area contributed by atoms with Crippen molar-refractivity contribution < 1.29 is 10.0 Å². The van der Waals surface area contributed by atoms with Crippen LogP contribution in [0.2, 0.25) is 0 Å². The van der Waals surface area contributed by atoms with Crippen LogP contribution in [0, 0.1) is 5.41 Å². The molecule has 3 N–H and O–H groups in total. The number of rotatable bonds is 4. The fraction of sp³-hybridized carbons (Fsp3) is 0.800. The molecule has 1 amide bonds.